The number of ether oxygens (including phenoxy) is 5. The molecule has 0 N–H and O–H groups in total. The van der Waals surface area contributed by atoms with Gasteiger partial charge in [0.15, 0.2) is 18.3 Å². The maximum absolute atomic E-state index is 12.2. The van der Waals surface area contributed by atoms with Gasteiger partial charge in [0.2, 0.25) is 0 Å². The summed E-state index contributed by atoms with van der Waals surface area (Å²) in [6.45, 7) is 5.86. The van der Waals surface area contributed by atoms with E-state index in [2.05, 4.69) is 12.1 Å². The zero-order valence-corrected chi connectivity index (χ0v) is 25.5. The van der Waals surface area contributed by atoms with Crippen LogP contribution in [0.15, 0.2) is 54.6 Å². The number of aryl methyl sites for hydroxylation is 1. The van der Waals surface area contributed by atoms with Crippen molar-refractivity contribution in [2.75, 3.05) is 13.4 Å². The molecular formula is C31H34O8S2. The minimum Gasteiger partial charge on any atom is -0.497 e. The van der Waals surface area contributed by atoms with Crippen molar-refractivity contribution in [1.82, 2.24) is 0 Å². The minimum absolute atomic E-state index is 0.558. The van der Waals surface area contributed by atoms with Gasteiger partial charge in [-0.2, -0.15) is 0 Å². The highest BCUT2D eigenvalue weighted by molar-refractivity contribution is 7.99. The van der Waals surface area contributed by atoms with Crippen molar-refractivity contribution in [2.24, 2.45) is 0 Å². The van der Waals surface area contributed by atoms with Crippen LogP contribution in [0.5, 0.6) is 5.75 Å². The molecule has 1 aromatic heterocycles. The fourth-order valence-electron chi connectivity index (χ4n) is 4.86. The Balaban J connectivity index is 1.66. The Hall–Kier alpha value is -3.34. The second kappa shape index (κ2) is 13.5. The number of hydrogen-bond acceptors (Lipinski definition) is 10. The number of carbonyl (C=O) groups excluding carboxylic acids is 3. The molecule has 1 aliphatic rings. The molecule has 41 heavy (non-hydrogen) atoms. The van der Waals surface area contributed by atoms with Crippen LogP contribution in [-0.4, -0.2) is 55.0 Å². The quantitative estimate of drug-likeness (QED) is 0.221. The van der Waals surface area contributed by atoms with Crippen molar-refractivity contribution in [1.29, 1.82) is 0 Å². The summed E-state index contributed by atoms with van der Waals surface area (Å²) in [5, 5.41) is 0. The summed E-state index contributed by atoms with van der Waals surface area (Å²) < 4.78 is 28.5. The van der Waals surface area contributed by atoms with E-state index < -0.39 is 47.8 Å². The van der Waals surface area contributed by atoms with Gasteiger partial charge >= 0.3 is 17.9 Å². The van der Waals surface area contributed by atoms with Gasteiger partial charge in [-0.15, -0.1) is 23.1 Å². The Kier molecular flexibility index (Phi) is 10.1. The van der Waals surface area contributed by atoms with Crippen molar-refractivity contribution in [3.63, 3.8) is 0 Å². The average Bonchev–Trinajstić information content (AvgIpc) is 3.40. The van der Waals surface area contributed by atoms with Gasteiger partial charge in [0.1, 0.15) is 17.3 Å². The molecule has 1 aliphatic heterocycles. The normalized spacial score (nSPS) is 22.0. The third kappa shape index (κ3) is 7.49. The fourth-order valence-corrected chi connectivity index (χ4v) is 6.61. The second-order valence-electron chi connectivity index (χ2n) is 9.74. The van der Waals surface area contributed by atoms with Crippen LogP contribution in [0.25, 0.3) is 10.4 Å². The number of carbonyl (C=O) groups is 3. The largest absolute Gasteiger partial charge is 0.497 e. The van der Waals surface area contributed by atoms with Crippen LogP contribution in [0, 0.1) is 6.92 Å². The summed E-state index contributed by atoms with van der Waals surface area (Å²) in [4.78, 5) is 38.5. The molecule has 1 unspecified atom stereocenters. The topological polar surface area (TPSA) is 97.4 Å². The lowest BCUT2D eigenvalue weighted by atomic mass is 9.91. The molecule has 10 heteroatoms. The van der Waals surface area contributed by atoms with Gasteiger partial charge in [-0.1, -0.05) is 18.2 Å². The zero-order chi connectivity index (χ0) is 29.7. The molecule has 1 fully saturated rings. The molecule has 3 aromatic rings. The molecule has 0 saturated carbocycles. The van der Waals surface area contributed by atoms with Crippen LogP contribution in [0.1, 0.15) is 48.4 Å². The number of methoxy groups -OCH3 is 1. The lowest BCUT2D eigenvalue weighted by Crippen LogP contribution is -2.57. The summed E-state index contributed by atoms with van der Waals surface area (Å²) >= 11 is 3.04. The highest BCUT2D eigenvalue weighted by Crippen LogP contribution is 2.41. The lowest BCUT2D eigenvalue weighted by Gasteiger charge is -2.44. The van der Waals surface area contributed by atoms with Crippen molar-refractivity contribution in [2.45, 2.75) is 64.0 Å². The van der Waals surface area contributed by atoms with Gasteiger partial charge in [0, 0.05) is 36.9 Å². The van der Waals surface area contributed by atoms with E-state index in [1.807, 2.05) is 55.6 Å². The number of esters is 3. The Labute approximate surface area is 248 Å². The first-order valence-corrected chi connectivity index (χ1v) is 15.2. The molecule has 5 atom stereocenters. The van der Waals surface area contributed by atoms with Gasteiger partial charge < -0.3 is 23.7 Å². The van der Waals surface area contributed by atoms with E-state index in [4.69, 9.17) is 23.7 Å². The smallest absolute Gasteiger partial charge is 0.303 e. The zero-order valence-electron chi connectivity index (χ0n) is 23.9. The van der Waals surface area contributed by atoms with Crippen LogP contribution in [-0.2, 0) is 39.8 Å². The highest BCUT2D eigenvalue weighted by atomic mass is 32.2. The predicted octanol–water partition coefficient (Wildman–Crippen LogP) is 5.88. The summed E-state index contributed by atoms with van der Waals surface area (Å²) in [5.74, 6) is -0.895. The average molecular weight is 599 g/mol. The third-order valence-corrected chi connectivity index (χ3v) is 8.71. The Morgan fingerprint density at radius 2 is 1.49 bits per heavy atom. The first-order valence-electron chi connectivity index (χ1n) is 13.1. The van der Waals surface area contributed by atoms with E-state index in [0.717, 1.165) is 32.9 Å². The lowest BCUT2D eigenvalue weighted by molar-refractivity contribution is -0.233. The second-order valence-corrected chi connectivity index (χ2v) is 11.8. The molecule has 0 bridgehead atoms. The number of thiophene rings is 1. The first-order chi connectivity index (χ1) is 19.6. The molecule has 0 aliphatic carbocycles. The summed E-state index contributed by atoms with van der Waals surface area (Å²) in [5.41, 5.74) is 3.41. The molecule has 0 radical (unpaired) electrons. The van der Waals surface area contributed by atoms with Crippen LogP contribution < -0.4 is 4.74 Å². The van der Waals surface area contributed by atoms with Crippen molar-refractivity contribution in [3.05, 3.63) is 76.2 Å². The summed E-state index contributed by atoms with van der Waals surface area (Å²) in [7, 11) is 1.65. The third-order valence-electron chi connectivity index (χ3n) is 6.74. The summed E-state index contributed by atoms with van der Waals surface area (Å²) in [6, 6.07) is 18.2. The van der Waals surface area contributed by atoms with E-state index in [1.165, 1.54) is 37.4 Å². The molecule has 4 rings (SSSR count). The van der Waals surface area contributed by atoms with Gasteiger partial charge in [-0.25, -0.2) is 0 Å². The minimum atomic E-state index is -1.05. The van der Waals surface area contributed by atoms with Crippen LogP contribution in [0.4, 0.5) is 0 Å². The molecule has 1 saturated heterocycles. The first kappa shape index (κ1) is 30.6. The number of rotatable bonds is 9. The van der Waals surface area contributed by atoms with Gasteiger partial charge in [-0.05, 0) is 71.8 Å². The molecule has 8 nitrogen and oxygen atoms in total. The van der Waals surface area contributed by atoms with Crippen LogP contribution >= 0.6 is 23.1 Å². The van der Waals surface area contributed by atoms with E-state index in [0.29, 0.717) is 6.42 Å². The number of benzene rings is 2. The number of thioether (sulfide) groups is 1. The standard InChI is InChI=1S/C31H34O8S2/c1-17-7-8-22(15-23(17)16-25-13-14-26(41-25)21-9-11-24(35-5)12-10-21)27-28(36-18(2)32)29(37-19(3)33)30(38-20(4)34)31(39-27)40-6/h7-15,27-31H,16H2,1-6H3/t27?,28-,29+,30-,31+/m0/s1. The van der Waals surface area contributed by atoms with E-state index in [1.54, 1.807) is 18.4 Å². The molecule has 2 aromatic carbocycles. The Morgan fingerprint density at radius 3 is 2.10 bits per heavy atom. The van der Waals surface area contributed by atoms with Crippen molar-refractivity contribution >= 4 is 41.0 Å². The monoisotopic (exact) mass is 598 g/mol. The Bertz CT molecular complexity index is 1380. The number of hydrogen-bond donors (Lipinski definition) is 0. The van der Waals surface area contributed by atoms with Gasteiger partial charge in [0.05, 0.1) is 7.11 Å². The van der Waals surface area contributed by atoms with Crippen LogP contribution in [0.3, 0.4) is 0 Å². The summed E-state index contributed by atoms with van der Waals surface area (Å²) in [6.07, 6.45) is -1.29. The van der Waals surface area contributed by atoms with Crippen LogP contribution in [0.2, 0.25) is 0 Å². The van der Waals surface area contributed by atoms with E-state index in [-0.39, 0.29) is 0 Å². The van der Waals surface area contributed by atoms with Crippen molar-refractivity contribution < 1.29 is 38.1 Å². The maximum Gasteiger partial charge on any atom is 0.303 e. The van der Waals surface area contributed by atoms with Gasteiger partial charge in [-0.3, -0.25) is 14.4 Å². The molecule has 0 spiro atoms. The fraction of sp³-hybridized carbons (Fsp3) is 0.387. The predicted molar refractivity (Wildman–Crippen MR) is 158 cm³/mol. The molecular weight excluding hydrogens is 564 g/mol. The maximum atomic E-state index is 12.2. The van der Waals surface area contributed by atoms with E-state index in [9.17, 15) is 14.4 Å². The van der Waals surface area contributed by atoms with Gasteiger partial charge in [0.25, 0.3) is 0 Å². The van der Waals surface area contributed by atoms with E-state index >= 15 is 0 Å². The molecule has 2 heterocycles. The highest BCUT2D eigenvalue weighted by Gasteiger charge is 2.52. The van der Waals surface area contributed by atoms with Crippen molar-refractivity contribution in [3.8, 4) is 16.2 Å². The molecule has 0 amide bonds. The molecule has 218 valence electrons. The SMILES string of the molecule is COc1ccc(-c2ccc(Cc3cc(C4O[C@H](SC)[C@@H](OC(C)=O)[C@H](OC(C)=O)[C@H]4OC(C)=O)ccc3C)s2)cc1. The Morgan fingerprint density at radius 1 is 0.854 bits per heavy atom.